The molecule has 0 rings (SSSR count). The SMILES string of the molecule is [F-].[F-].[F-].[F-].[Sr+2].[Sr+2]. The molecule has 0 aromatic carbocycles. The molecule has 0 saturated carbocycles. The molecule has 0 nitrogen and oxygen atoms in total. The number of hydrogen-bond acceptors (Lipinski definition) is 0. The quantitative estimate of drug-likeness (QED) is 0.296. The minimum atomic E-state index is 0. The molecule has 6 heavy (non-hydrogen) atoms. The zero-order chi connectivity index (χ0) is 0. The second-order valence-electron chi connectivity index (χ2n) is 0. The summed E-state index contributed by atoms with van der Waals surface area (Å²) in [6.07, 6.45) is 0. The van der Waals surface area contributed by atoms with Crippen LogP contribution in [0.4, 0.5) is 0 Å². The van der Waals surface area contributed by atoms with E-state index in [-0.39, 0.29) is 110 Å². The van der Waals surface area contributed by atoms with Crippen molar-refractivity contribution in [1.82, 2.24) is 0 Å². The maximum absolute atomic E-state index is 0. The molecule has 0 bridgehead atoms. The summed E-state index contributed by atoms with van der Waals surface area (Å²) < 4.78 is 0. The van der Waals surface area contributed by atoms with Crippen molar-refractivity contribution in [3.8, 4) is 0 Å². The molecule has 0 spiro atoms. The molecular weight excluding hydrogens is 251 g/mol. The molecule has 0 aromatic heterocycles. The minimum absolute atomic E-state index is 0. The maximum atomic E-state index is 0. The van der Waals surface area contributed by atoms with Crippen molar-refractivity contribution in [2.45, 2.75) is 0 Å². The molecule has 0 aromatic rings. The van der Waals surface area contributed by atoms with Crippen LogP contribution in [-0.4, -0.2) is 91.0 Å². The van der Waals surface area contributed by atoms with Crippen LogP contribution in [0.3, 0.4) is 0 Å². The number of halogens is 4. The van der Waals surface area contributed by atoms with Gasteiger partial charge < -0.3 is 18.8 Å². The fraction of sp³-hybridized carbons (Fsp3) is 0. The van der Waals surface area contributed by atoms with Gasteiger partial charge in [-0.05, 0) is 0 Å². The fourth-order valence-corrected chi connectivity index (χ4v) is 0. The van der Waals surface area contributed by atoms with Crippen molar-refractivity contribution < 1.29 is 18.8 Å². The Balaban J connectivity index is 0. The van der Waals surface area contributed by atoms with Crippen LogP contribution in [0.15, 0.2) is 0 Å². The Morgan fingerprint density at radius 3 is 0.333 bits per heavy atom. The van der Waals surface area contributed by atoms with Gasteiger partial charge in [0.25, 0.3) is 0 Å². The van der Waals surface area contributed by atoms with Gasteiger partial charge in [-0.15, -0.1) is 0 Å². The van der Waals surface area contributed by atoms with Crippen LogP contribution in [0.5, 0.6) is 0 Å². The van der Waals surface area contributed by atoms with E-state index < -0.39 is 0 Å². The summed E-state index contributed by atoms with van der Waals surface area (Å²) in [5, 5.41) is 0. The van der Waals surface area contributed by atoms with Gasteiger partial charge in [-0.3, -0.25) is 0 Å². The van der Waals surface area contributed by atoms with Gasteiger partial charge in [0, 0.05) is 0 Å². The first-order valence-corrected chi connectivity index (χ1v) is 0. The topological polar surface area (TPSA) is 0 Å². The van der Waals surface area contributed by atoms with E-state index in [1.807, 2.05) is 0 Å². The van der Waals surface area contributed by atoms with Crippen LogP contribution in [0.25, 0.3) is 0 Å². The molecule has 0 aliphatic heterocycles. The zero-order valence-electron chi connectivity index (χ0n) is 2.93. The van der Waals surface area contributed by atoms with Crippen molar-refractivity contribution in [2.75, 3.05) is 0 Å². The smallest absolute Gasteiger partial charge is 1.00 e. The second-order valence-corrected chi connectivity index (χ2v) is 0. The normalized spacial score (nSPS) is 0. The van der Waals surface area contributed by atoms with Gasteiger partial charge in [-0.2, -0.15) is 0 Å². The van der Waals surface area contributed by atoms with E-state index >= 15 is 0 Å². The van der Waals surface area contributed by atoms with E-state index in [1.54, 1.807) is 0 Å². The van der Waals surface area contributed by atoms with Gasteiger partial charge in [0.1, 0.15) is 0 Å². The van der Waals surface area contributed by atoms with Crippen LogP contribution < -0.4 is 18.8 Å². The number of rotatable bonds is 0. The predicted octanol–water partition coefficient (Wildman–Crippen LogP) is -12.7. The summed E-state index contributed by atoms with van der Waals surface area (Å²) in [7, 11) is 0. The second kappa shape index (κ2) is 47.7. The first-order valence-electron chi connectivity index (χ1n) is 0. The van der Waals surface area contributed by atoms with E-state index in [9.17, 15) is 0 Å². The van der Waals surface area contributed by atoms with Crippen LogP contribution in [0, 0.1) is 0 Å². The Labute approximate surface area is 107 Å². The van der Waals surface area contributed by atoms with E-state index in [0.29, 0.717) is 0 Å². The minimum Gasteiger partial charge on any atom is -1.00 e. The van der Waals surface area contributed by atoms with E-state index in [2.05, 4.69) is 0 Å². The van der Waals surface area contributed by atoms with Crippen molar-refractivity contribution in [3.05, 3.63) is 0 Å². The van der Waals surface area contributed by atoms with Gasteiger partial charge >= 0.3 is 91.0 Å². The van der Waals surface area contributed by atoms with Crippen molar-refractivity contribution in [1.29, 1.82) is 0 Å². The molecule has 0 aliphatic rings. The molecule has 32 valence electrons. The summed E-state index contributed by atoms with van der Waals surface area (Å²) in [6, 6.07) is 0. The summed E-state index contributed by atoms with van der Waals surface area (Å²) in [5.74, 6) is 0. The fourth-order valence-electron chi connectivity index (χ4n) is 0. The molecule has 0 radical (unpaired) electrons. The van der Waals surface area contributed by atoms with Gasteiger partial charge in [0.05, 0.1) is 0 Å². The van der Waals surface area contributed by atoms with Crippen molar-refractivity contribution >= 4 is 91.0 Å². The number of hydrogen-bond donors (Lipinski definition) is 0. The van der Waals surface area contributed by atoms with Crippen LogP contribution in [0.2, 0.25) is 0 Å². The Morgan fingerprint density at radius 1 is 0.333 bits per heavy atom. The monoisotopic (exact) mass is 252 g/mol. The van der Waals surface area contributed by atoms with Crippen LogP contribution in [-0.2, 0) is 0 Å². The maximum Gasteiger partial charge on any atom is 2.00 e. The summed E-state index contributed by atoms with van der Waals surface area (Å²) in [6.45, 7) is 0. The Bertz CT molecular complexity index is 5.51. The first kappa shape index (κ1) is 71.3. The van der Waals surface area contributed by atoms with E-state index in [0.717, 1.165) is 0 Å². The molecule has 0 amide bonds. The largest absolute Gasteiger partial charge is 2.00 e. The molecule has 0 heterocycles. The molecule has 6 heteroatoms. The van der Waals surface area contributed by atoms with Gasteiger partial charge in [0.2, 0.25) is 0 Å². The van der Waals surface area contributed by atoms with Crippen LogP contribution >= 0.6 is 0 Å². The molecular formula is F4Sr2. The molecule has 0 saturated heterocycles. The zero-order valence-corrected chi connectivity index (χ0v) is 9.88. The average molecular weight is 251 g/mol. The van der Waals surface area contributed by atoms with Crippen molar-refractivity contribution in [3.63, 3.8) is 0 Å². The predicted molar refractivity (Wildman–Crippen MR) is 11.5 cm³/mol. The molecule has 0 aliphatic carbocycles. The molecule has 0 N–H and O–H groups in total. The summed E-state index contributed by atoms with van der Waals surface area (Å²) >= 11 is 0. The van der Waals surface area contributed by atoms with Gasteiger partial charge in [-0.25, -0.2) is 0 Å². The third-order valence-electron chi connectivity index (χ3n) is 0. The third-order valence-corrected chi connectivity index (χ3v) is 0. The molecule has 0 fully saturated rings. The first-order chi connectivity index (χ1) is 0. The Hall–Kier alpha value is 2.68. The van der Waals surface area contributed by atoms with Gasteiger partial charge in [0.15, 0.2) is 0 Å². The summed E-state index contributed by atoms with van der Waals surface area (Å²) in [5.41, 5.74) is 0. The summed E-state index contributed by atoms with van der Waals surface area (Å²) in [4.78, 5) is 0. The van der Waals surface area contributed by atoms with Gasteiger partial charge in [-0.1, -0.05) is 0 Å². The van der Waals surface area contributed by atoms with Crippen LogP contribution in [0.1, 0.15) is 0 Å². The third kappa shape index (κ3) is 30.0. The van der Waals surface area contributed by atoms with E-state index in [1.165, 1.54) is 0 Å². The molecule has 0 unspecified atom stereocenters. The Morgan fingerprint density at radius 2 is 0.333 bits per heavy atom. The Kier molecular flexibility index (Phi) is 566. The van der Waals surface area contributed by atoms with Crippen molar-refractivity contribution in [2.24, 2.45) is 0 Å². The average Bonchev–Trinajstić information content (AvgIpc) is 0. The standard InChI is InChI=1S/4FH.2Sr/h4*1H;;/q;;;;2*+2/p-4. The van der Waals surface area contributed by atoms with E-state index in [4.69, 9.17) is 0 Å². The molecule has 0 atom stereocenters.